The molecule has 0 aromatic rings. The number of piperidine rings is 1. The molecule has 1 unspecified atom stereocenters. The van der Waals surface area contributed by atoms with Crippen LogP contribution in [-0.4, -0.2) is 83.3 Å². The number of hydrogen-bond acceptors (Lipinski definition) is 4. The van der Waals surface area contributed by atoms with Crippen LogP contribution in [0.2, 0.25) is 0 Å². The van der Waals surface area contributed by atoms with Crippen LogP contribution in [-0.2, 0) is 14.4 Å². The first-order valence-electron chi connectivity index (χ1n) is 12.8. The van der Waals surface area contributed by atoms with Gasteiger partial charge in [0.1, 0.15) is 6.04 Å². The van der Waals surface area contributed by atoms with Gasteiger partial charge in [-0.1, -0.05) is 40.2 Å². The topological polar surface area (TPSA) is 73.0 Å². The fourth-order valence-electron chi connectivity index (χ4n) is 4.83. The highest BCUT2D eigenvalue weighted by atomic mass is 16.2. The Morgan fingerprint density at radius 3 is 2.06 bits per heavy atom. The van der Waals surface area contributed by atoms with Crippen molar-refractivity contribution >= 4 is 17.7 Å². The van der Waals surface area contributed by atoms with Gasteiger partial charge in [0.25, 0.3) is 0 Å². The third kappa shape index (κ3) is 6.81. The second-order valence-electron chi connectivity index (χ2n) is 10.8. The van der Waals surface area contributed by atoms with Crippen molar-refractivity contribution in [3.05, 3.63) is 11.6 Å². The monoisotopic (exact) mass is 462 g/mol. The number of amides is 3. The number of carbonyl (C=O) groups excluding carboxylic acids is 3. The van der Waals surface area contributed by atoms with E-state index < -0.39 is 6.04 Å². The van der Waals surface area contributed by atoms with Gasteiger partial charge in [0, 0.05) is 31.8 Å². The normalized spacial score (nSPS) is 21.7. The summed E-state index contributed by atoms with van der Waals surface area (Å²) >= 11 is 0. The highest BCUT2D eigenvalue weighted by molar-refractivity contribution is 5.94. The van der Waals surface area contributed by atoms with E-state index in [4.69, 9.17) is 0 Å². The molecule has 0 bridgehead atoms. The Hall–Kier alpha value is -1.89. The first-order valence-corrected chi connectivity index (χ1v) is 12.8. The zero-order valence-corrected chi connectivity index (χ0v) is 22.1. The van der Waals surface area contributed by atoms with Gasteiger partial charge in [-0.25, -0.2) is 0 Å². The summed E-state index contributed by atoms with van der Waals surface area (Å²) in [7, 11) is 1.79. The van der Waals surface area contributed by atoms with Crippen LogP contribution >= 0.6 is 0 Å². The fourth-order valence-corrected chi connectivity index (χ4v) is 4.83. The molecule has 2 aliphatic rings. The molecule has 33 heavy (non-hydrogen) atoms. The molecular weight excluding hydrogens is 416 g/mol. The molecule has 7 heteroatoms. The van der Waals surface area contributed by atoms with Crippen molar-refractivity contribution in [2.45, 2.75) is 98.3 Å². The third-order valence-electron chi connectivity index (χ3n) is 7.12. The van der Waals surface area contributed by atoms with E-state index >= 15 is 0 Å². The van der Waals surface area contributed by atoms with Crippen LogP contribution in [0.5, 0.6) is 0 Å². The molecule has 0 aromatic carbocycles. The molecule has 2 aliphatic heterocycles. The molecule has 0 saturated carbocycles. The quantitative estimate of drug-likeness (QED) is 0.535. The Balaban J connectivity index is 2.16. The van der Waals surface area contributed by atoms with Crippen molar-refractivity contribution in [1.82, 2.24) is 20.0 Å². The maximum absolute atomic E-state index is 13.6. The van der Waals surface area contributed by atoms with E-state index in [0.29, 0.717) is 11.6 Å². The van der Waals surface area contributed by atoms with Crippen LogP contribution in [0.3, 0.4) is 0 Å². The largest absolute Gasteiger partial charge is 0.343 e. The minimum Gasteiger partial charge on any atom is -0.343 e. The van der Waals surface area contributed by atoms with Gasteiger partial charge in [-0.05, 0) is 58.4 Å². The fraction of sp³-hybridized carbons (Fsp3) is 0.808. The molecule has 0 aliphatic carbocycles. The molecule has 3 atom stereocenters. The third-order valence-corrected chi connectivity index (χ3v) is 7.12. The van der Waals surface area contributed by atoms with Crippen LogP contribution in [0.15, 0.2) is 11.6 Å². The summed E-state index contributed by atoms with van der Waals surface area (Å²) in [6.07, 6.45) is 5.94. The van der Waals surface area contributed by atoms with Crippen LogP contribution < -0.4 is 5.32 Å². The summed E-state index contributed by atoms with van der Waals surface area (Å²) in [5.41, 5.74) is 0.674. The van der Waals surface area contributed by atoms with E-state index in [0.717, 1.165) is 45.3 Å². The molecule has 0 spiro atoms. The molecule has 188 valence electrons. The Bertz CT molecular complexity index is 727. The van der Waals surface area contributed by atoms with Gasteiger partial charge in [0.15, 0.2) is 0 Å². The molecule has 2 heterocycles. The van der Waals surface area contributed by atoms with Gasteiger partial charge in [-0.15, -0.1) is 0 Å². The van der Waals surface area contributed by atoms with E-state index in [9.17, 15) is 14.4 Å². The second-order valence-corrected chi connectivity index (χ2v) is 10.8. The zero-order chi connectivity index (χ0) is 24.9. The van der Waals surface area contributed by atoms with Gasteiger partial charge >= 0.3 is 0 Å². The summed E-state index contributed by atoms with van der Waals surface area (Å²) < 4.78 is 0. The van der Waals surface area contributed by atoms with E-state index in [1.165, 1.54) is 0 Å². The summed E-state index contributed by atoms with van der Waals surface area (Å²) in [6.45, 7) is 16.6. The maximum Gasteiger partial charge on any atom is 0.249 e. The van der Waals surface area contributed by atoms with Gasteiger partial charge in [-0.3, -0.25) is 19.3 Å². The summed E-state index contributed by atoms with van der Waals surface area (Å²) in [6, 6.07) is -0.711. The Labute approximate surface area is 200 Å². The van der Waals surface area contributed by atoms with Crippen molar-refractivity contribution in [2.24, 2.45) is 11.8 Å². The molecule has 7 nitrogen and oxygen atoms in total. The first-order chi connectivity index (χ1) is 15.5. The van der Waals surface area contributed by atoms with Crippen LogP contribution in [0.4, 0.5) is 0 Å². The lowest BCUT2D eigenvalue weighted by Gasteiger charge is -2.39. The molecular formula is C26H46N4O3. The Morgan fingerprint density at radius 1 is 0.939 bits per heavy atom. The van der Waals surface area contributed by atoms with Crippen molar-refractivity contribution in [2.75, 3.05) is 26.7 Å². The van der Waals surface area contributed by atoms with Crippen LogP contribution in [0.1, 0.15) is 74.1 Å². The van der Waals surface area contributed by atoms with Crippen LogP contribution in [0.25, 0.3) is 0 Å². The summed E-state index contributed by atoms with van der Waals surface area (Å²) in [4.78, 5) is 45.3. The highest BCUT2D eigenvalue weighted by Crippen LogP contribution is 2.22. The van der Waals surface area contributed by atoms with E-state index in [1.807, 2.05) is 31.7 Å². The number of carbonyl (C=O) groups is 3. The Morgan fingerprint density at radius 2 is 1.58 bits per heavy atom. The average molecular weight is 463 g/mol. The Kier molecular flexibility index (Phi) is 9.95. The van der Waals surface area contributed by atoms with Crippen LogP contribution in [0, 0.1) is 11.8 Å². The van der Waals surface area contributed by atoms with Gasteiger partial charge in [0.2, 0.25) is 17.7 Å². The van der Waals surface area contributed by atoms with Crippen molar-refractivity contribution in [3.8, 4) is 0 Å². The summed E-state index contributed by atoms with van der Waals surface area (Å²) in [5.74, 6) is -0.0152. The van der Waals surface area contributed by atoms with Crippen molar-refractivity contribution in [1.29, 1.82) is 0 Å². The standard InChI is InChI=1S/C26H46N4O3/c1-17(2)22(16-20(7)25(32)29-13-11-14-29)28(8)26(33)23(18(3)4)27-24(31)21-12-9-10-15-30(21)19(5)6/h16-19,21-23H,9-15H2,1-8H3,(H,27,31)/b20-16+/t21-,22-,23?/m1/s1. The van der Waals surface area contributed by atoms with E-state index in [-0.39, 0.29) is 41.6 Å². The minimum atomic E-state index is -0.598. The lowest BCUT2D eigenvalue weighted by molar-refractivity contribution is -0.140. The predicted octanol–water partition coefficient (Wildman–Crippen LogP) is 3.05. The van der Waals surface area contributed by atoms with Gasteiger partial charge < -0.3 is 15.1 Å². The number of nitrogens with zero attached hydrogens (tertiary/aromatic N) is 3. The molecule has 2 fully saturated rings. The molecule has 3 amide bonds. The molecule has 0 aromatic heterocycles. The lowest BCUT2D eigenvalue weighted by atomic mass is 9.95. The highest BCUT2D eigenvalue weighted by Gasteiger charge is 2.36. The first kappa shape index (κ1) is 27.4. The number of likely N-dealkylation sites (N-methyl/N-ethyl adjacent to an activating group) is 1. The number of likely N-dealkylation sites (tertiary alicyclic amines) is 2. The SMILES string of the molecule is C/C(=C\[C@H](C(C)C)N(C)C(=O)C(NC(=O)[C@H]1CCCCN1C(C)C)C(C)C)C(=O)N1CCC1. The number of rotatable bonds is 9. The number of hydrogen-bond donors (Lipinski definition) is 1. The predicted molar refractivity (Wildman–Crippen MR) is 133 cm³/mol. The average Bonchev–Trinajstić information content (AvgIpc) is 2.72. The molecule has 0 radical (unpaired) electrons. The molecule has 2 saturated heterocycles. The minimum absolute atomic E-state index is 0.0411. The second kappa shape index (κ2) is 12.0. The summed E-state index contributed by atoms with van der Waals surface area (Å²) in [5, 5.41) is 3.09. The van der Waals surface area contributed by atoms with Crippen molar-refractivity contribution < 1.29 is 14.4 Å². The van der Waals surface area contributed by atoms with E-state index in [1.54, 1.807) is 11.9 Å². The lowest BCUT2D eigenvalue weighted by Crippen LogP contribution is -2.58. The molecule has 1 N–H and O–H groups in total. The van der Waals surface area contributed by atoms with Crippen molar-refractivity contribution in [3.63, 3.8) is 0 Å². The zero-order valence-electron chi connectivity index (χ0n) is 22.1. The number of nitrogens with one attached hydrogen (secondary N) is 1. The van der Waals surface area contributed by atoms with Gasteiger partial charge in [-0.2, -0.15) is 0 Å². The smallest absolute Gasteiger partial charge is 0.249 e. The van der Waals surface area contributed by atoms with Gasteiger partial charge in [0.05, 0.1) is 12.1 Å². The maximum atomic E-state index is 13.6. The van der Waals surface area contributed by atoms with E-state index in [2.05, 4.69) is 37.9 Å². The molecule has 2 rings (SSSR count).